The SMILES string of the molecule is C/C=C\CC.Cc1cn(-c2ccccn2)c(-c2ccc(S(C)(=O)=O)cc2)n1. The standard InChI is InChI=1S/C16H15N3O2S.C5H10/c1-12-11-19(15-5-3-4-10-17-15)16(18-12)13-6-8-14(9-7-13)22(2,20)21;1-3-5-4-2/h3-11H,1-2H3;3,5H,4H2,1-2H3/b;5-3-. The van der Waals surface area contributed by atoms with Gasteiger partial charge in [0.25, 0.3) is 0 Å². The number of aryl methyl sites for hydroxylation is 1. The van der Waals surface area contributed by atoms with Crippen LogP contribution in [0.3, 0.4) is 0 Å². The molecule has 1 aromatic carbocycles. The van der Waals surface area contributed by atoms with Crippen LogP contribution in [0.15, 0.2) is 71.9 Å². The van der Waals surface area contributed by atoms with Gasteiger partial charge in [-0.15, -0.1) is 0 Å². The number of benzene rings is 1. The highest BCUT2D eigenvalue weighted by atomic mass is 32.2. The first-order valence-electron chi connectivity index (χ1n) is 8.75. The second-order valence-electron chi connectivity index (χ2n) is 6.04. The van der Waals surface area contributed by atoms with Crippen LogP contribution in [-0.4, -0.2) is 29.2 Å². The Hall–Kier alpha value is -2.73. The Morgan fingerprint density at radius 2 is 1.81 bits per heavy atom. The number of hydrogen-bond donors (Lipinski definition) is 0. The van der Waals surface area contributed by atoms with Crippen LogP contribution < -0.4 is 0 Å². The molecule has 0 bridgehead atoms. The molecule has 0 amide bonds. The molecule has 0 saturated carbocycles. The zero-order chi connectivity index (χ0) is 19.9. The molecule has 6 heteroatoms. The molecule has 0 aliphatic rings. The first-order chi connectivity index (χ1) is 12.9. The molecule has 142 valence electrons. The molecule has 0 unspecified atom stereocenters. The smallest absolute Gasteiger partial charge is 0.175 e. The summed E-state index contributed by atoms with van der Waals surface area (Å²) in [7, 11) is -3.20. The van der Waals surface area contributed by atoms with Crippen molar-refractivity contribution in [1.29, 1.82) is 0 Å². The number of allylic oxidation sites excluding steroid dienone is 2. The lowest BCUT2D eigenvalue weighted by atomic mass is 10.2. The van der Waals surface area contributed by atoms with Crippen molar-refractivity contribution in [2.24, 2.45) is 0 Å². The first-order valence-corrected chi connectivity index (χ1v) is 10.6. The van der Waals surface area contributed by atoms with Crippen molar-refractivity contribution < 1.29 is 8.42 Å². The average molecular weight is 384 g/mol. The van der Waals surface area contributed by atoms with E-state index in [1.165, 1.54) is 6.26 Å². The third-order valence-electron chi connectivity index (χ3n) is 3.73. The molecular weight excluding hydrogens is 358 g/mol. The van der Waals surface area contributed by atoms with E-state index < -0.39 is 9.84 Å². The van der Waals surface area contributed by atoms with Crippen LogP contribution >= 0.6 is 0 Å². The fourth-order valence-corrected chi connectivity index (χ4v) is 3.09. The normalized spacial score (nSPS) is 11.3. The van der Waals surface area contributed by atoms with Gasteiger partial charge in [-0.25, -0.2) is 18.4 Å². The zero-order valence-corrected chi connectivity index (χ0v) is 16.9. The summed E-state index contributed by atoms with van der Waals surface area (Å²) >= 11 is 0. The Balaban J connectivity index is 0.000000465. The molecule has 0 N–H and O–H groups in total. The quantitative estimate of drug-likeness (QED) is 0.617. The van der Waals surface area contributed by atoms with E-state index in [4.69, 9.17) is 0 Å². The molecule has 5 nitrogen and oxygen atoms in total. The lowest BCUT2D eigenvalue weighted by Crippen LogP contribution is -2.00. The van der Waals surface area contributed by atoms with Gasteiger partial charge < -0.3 is 0 Å². The van der Waals surface area contributed by atoms with E-state index in [1.807, 2.05) is 42.8 Å². The summed E-state index contributed by atoms with van der Waals surface area (Å²) in [6, 6.07) is 12.4. The molecule has 0 aliphatic heterocycles. The van der Waals surface area contributed by atoms with E-state index in [1.54, 1.807) is 30.5 Å². The number of rotatable bonds is 4. The average Bonchev–Trinajstić information content (AvgIpc) is 3.05. The maximum Gasteiger partial charge on any atom is 0.175 e. The van der Waals surface area contributed by atoms with E-state index in [9.17, 15) is 8.42 Å². The van der Waals surface area contributed by atoms with Crippen LogP contribution in [0.25, 0.3) is 17.2 Å². The Kier molecular flexibility index (Phi) is 7.07. The van der Waals surface area contributed by atoms with Crippen LogP contribution in [0.5, 0.6) is 0 Å². The highest BCUT2D eigenvalue weighted by molar-refractivity contribution is 7.90. The molecule has 2 aromatic heterocycles. The predicted octanol–water partition coefficient (Wildman–Crippen LogP) is 4.62. The van der Waals surface area contributed by atoms with Gasteiger partial charge in [0.1, 0.15) is 11.6 Å². The van der Waals surface area contributed by atoms with Crippen molar-refractivity contribution in [2.45, 2.75) is 32.1 Å². The summed E-state index contributed by atoms with van der Waals surface area (Å²) in [6.07, 6.45) is 10.2. The highest BCUT2D eigenvalue weighted by Gasteiger charge is 2.12. The van der Waals surface area contributed by atoms with Crippen LogP contribution in [0.1, 0.15) is 26.0 Å². The number of nitrogens with zero attached hydrogens (tertiary/aromatic N) is 3. The number of sulfone groups is 1. The van der Waals surface area contributed by atoms with Crippen LogP contribution in [0.2, 0.25) is 0 Å². The summed E-state index contributed by atoms with van der Waals surface area (Å²) in [5, 5.41) is 0. The number of imidazole rings is 1. The number of pyridine rings is 1. The number of aromatic nitrogens is 3. The lowest BCUT2D eigenvalue weighted by Gasteiger charge is -2.07. The van der Waals surface area contributed by atoms with Gasteiger partial charge >= 0.3 is 0 Å². The molecule has 0 atom stereocenters. The van der Waals surface area contributed by atoms with Gasteiger partial charge in [-0.05, 0) is 56.7 Å². The van der Waals surface area contributed by atoms with Crippen molar-refractivity contribution in [1.82, 2.24) is 14.5 Å². The summed E-state index contributed by atoms with van der Waals surface area (Å²) in [6.45, 7) is 6.07. The highest BCUT2D eigenvalue weighted by Crippen LogP contribution is 2.23. The molecule has 27 heavy (non-hydrogen) atoms. The molecule has 2 heterocycles. The fourth-order valence-electron chi connectivity index (χ4n) is 2.46. The van der Waals surface area contributed by atoms with Gasteiger partial charge in [-0.2, -0.15) is 0 Å². The van der Waals surface area contributed by atoms with Crippen molar-refractivity contribution in [3.05, 3.63) is 72.7 Å². The van der Waals surface area contributed by atoms with E-state index in [0.29, 0.717) is 4.90 Å². The maximum absolute atomic E-state index is 11.5. The van der Waals surface area contributed by atoms with Gasteiger partial charge in [-0.1, -0.05) is 25.1 Å². The van der Waals surface area contributed by atoms with Crippen molar-refractivity contribution in [2.75, 3.05) is 6.26 Å². The third kappa shape index (κ3) is 5.62. The second kappa shape index (κ2) is 9.28. The van der Waals surface area contributed by atoms with Gasteiger partial charge in [0, 0.05) is 24.2 Å². The third-order valence-corrected chi connectivity index (χ3v) is 4.86. The maximum atomic E-state index is 11.5. The Morgan fingerprint density at radius 3 is 2.30 bits per heavy atom. The fraction of sp³-hybridized carbons (Fsp3) is 0.238. The van der Waals surface area contributed by atoms with E-state index in [-0.39, 0.29) is 0 Å². The molecule has 0 fully saturated rings. The van der Waals surface area contributed by atoms with E-state index >= 15 is 0 Å². The van der Waals surface area contributed by atoms with E-state index in [0.717, 1.165) is 29.3 Å². The van der Waals surface area contributed by atoms with Crippen molar-refractivity contribution in [3.8, 4) is 17.2 Å². The van der Waals surface area contributed by atoms with Crippen LogP contribution in [0, 0.1) is 6.92 Å². The summed E-state index contributed by atoms with van der Waals surface area (Å²) < 4.78 is 25.0. The minimum absolute atomic E-state index is 0.295. The largest absolute Gasteiger partial charge is 0.284 e. The first kappa shape index (κ1) is 20.6. The van der Waals surface area contributed by atoms with Crippen molar-refractivity contribution in [3.63, 3.8) is 0 Å². The monoisotopic (exact) mass is 383 g/mol. The Morgan fingerprint density at radius 1 is 1.11 bits per heavy atom. The molecule has 3 rings (SSSR count). The minimum Gasteiger partial charge on any atom is -0.284 e. The molecule has 0 aliphatic carbocycles. The van der Waals surface area contributed by atoms with Gasteiger partial charge in [-0.3, -0.25) is 4.57 Å². The van der Waals surface area contributed by atoms with Gasteiger partial charge in [0.15, 0.2) is 9.84 Å². The van der Waals surface area contributed by atoms with Crippen molar-refractivity contribution >= 4 is 9.84 Å². The van der Waals surface area contributed by atoms with Crippen LogP contribution in [0.4, 0.5) is 0 Å². The predicted molar refractivity (Wildman–Crippen MR) is 110 cm³/mol. The van der Waals surface area contributed by atoms with Gasteiger partial charge in [0.05, 0.1) is 10.6 Å². The molecule has 0 radical (unpaired) electrons. The molecule has 3 aromatic rings. The summed E-state index contributed by atoms with van der Waals surface area (Å²) in [5.41, 5.74) is 1.71. The summed E-state index contributed by atoms with van der Waals surface area (Å²) in [5.74, 6) is 1.50. The number of hydrogen-bond acceptors (Lipinski definition) is 4. The molecule has 0 spiro atoms. The lowest BCUT2D eigenvalue weighted by molar-refractivity contribution is 0.602. The zero-order valence-electron chi connectivity index (χ0n) is 16.1. The van der Waals surface area contributed by atoms with Gasteiger partial charge in [0.2, 0.25) is 0 Å². The molecular formula is C21H25N3O2S. The van der Waals surface area contributed by atoms with E-state index in [2.05, 4.69) is 29.0 Å². The second-order valence-corrected chi connectivity index (χ2v) is 8.05. The van der Waals surface area contributed by atoms with Crippen LogP contribution in [-0.2, 0) is 9.84 Å². The Labute approximate surface area is 161 Å². The Bertz CT molecular complexity index is 990. The summed E-state index contributed by atoms with van der Waals surface area (Å²) in [4.78, 5) is 9.15. The topological polar surface area (TPSA) is 64.8 Å². The molecule has 0 saturated heterocycles. The minimum atomic E-state index is -3.20.